The van der Waals surface area contributed by atoms with E-state index in [1.807, 2.05) is 4.90 Å². The van der Waals surface area contributed by atoms with Gasteiger partial charge in [0, 0.05) is 43.9 Å². The van der Waals surface area contributed by atoms with Crippen molar-refractivity contribution in [3.05, 3.63) is 12.2 Å². The van der Waals surface area contributed by atoms with Gasteiger partial charge in [-0.25, -0.2) is 4.39 Å². The molecule has 0 aromatic rings. The molecule has 8 atom stereocenters. The molecule has 1 N–H and O–H groups in total. The van der Waals surface area contributed by atoms with Crippen molar-refractivity contribution in [3.63, 3.8) is 0 Å². The Morgan fingerprint density at radius 2 is 1.65 bits per heavy atom. The average Bonchev–Trinajstić information content (AvgIpc) is 3.50. The lowest BCUT2D eigenvalue weighted by Gasteiger charge is -2.32. The fourth-order valence-electron chi connectivity index (χ4n) is 6.49. The molecule has 5 rings (SSSR count). The van der Waals surface area contributed by atoms with E-state index in [0.717, 1.165) is 19.3 Å². The number of rotatable bonds is 3. The predicted octanol–water partition coefficient (Wildman–Crippen LogP) is 3.28. The molecule has 0 spiro atoms. The van der Waals surface area contributed by atoms with Crippen LogP contribution in [0, 0.1) is 29.6 Å². The van der Waals surface area contributed by atoms with Crippen LogP contribution in [-0.2, 0) is 9.59 Å². The number of hydrogen-bond donors (Lipinski definition) is 1. The van der Waals surface area contributed by atoms with Crippen LogP contribution in [0.3, 0.4) is 0 Å². The number of nitrogens with one attached hydrogen (secondary N) is 1. The summed E-state index contributed by atoms with van der Waals surface area (Å²) < 4.78 is 52.9. The Labute approximate surface area is 196 Å². The average molecular weight is 486 g/mol. The SMILES string of the molecule is O=C(C=CC1CC(F)CC(C(F)(F)F)C1)N1CC2CN(C(=O)C3CCC4N=NNC4C3)CC2C1. The van der Waals surface area contributed by atoms with Crippen LogP contribution < -0.4 is 5.43 Å². The summed E-state index contributed by atoms with van der Waals surface area (Å²) in [5.74, 6) is -1.89. The molecule has 0 radical (unpaired) electrons. The van der Waals surface area contributed by atoms with Gasteiger partial charge in [-0.05, 0) is 50.5 Å². The van der Waals surface area contributed by atoms with E-state index < -0.39 is 30.6 Å². The fourth-order valence-corrected chi connectivity index (χ4v) is 6.49. The molecule has 2 amide bonds. The molecule has 4 fully saturated rings. The maximum Gasteiger partial charge on any atom is 0.391 e. The highest BCUT2D eigenvalue weighted by molar-refractivity contribution is 5.88. The molecule has 7 nitrogen and oxygen atoms in total. The van der Waals surface area contributed by atoms with Crippen molar-refractivity contribution in [2.75, 3.05) is 26.2 Å². The lowest BCUT2D eigenvalue weighted by molar-refractivity contribution is -0.189. The van der Waals surface area contributed by atoms with Crippen molar-refractivity contribution < 1.29 is 27.2 Å². The van der Waals surface area contributed by atoms with Crippen LogP contribution in [0.5, 0.6) is 0 Å². The number of amides is 2. The Morgan fingerprint density at radius 3 is 2.35 bits per heavy atom. The molecule has 0 bridgehead atoms. The third-order valence-corrected chi connectivity index (χ3v) is 8.36. The molecule has 2 saturated carbocycles. The Hall–Kier alpha value is -2.20. The number of hydrogen-bond acceptors (Lipinski definition) is 5. The van der Waals surface area contributed by atoms with Crippen molar-refractivity contribution in [1.29, 1.82) is 0 Å². The Morgan fingerprint density at radius 1 is 0.941 bits per heavy atom. The molecule has 2 aliphatic carbocycles. The quantitative estimate of drug-likeness (QED) is 0.492. The van der Waals surface area contributed by atoms with Crippen molar-refractivity contribution in [3.8, 4) is 0 Å². The summed E-state index contributed by atoms with van der Waals surface area (Å²) in [4.78, 5) is 29.4. The van der Waals surface area contributed by atoms with Gasteiger partial charge >= 0.3 is 6.18 Å². The zero-order valence-electron chi connectivity index (χ0n) is 19.0. The van der Waals surface area contributed by atoms with E-state index in [1.54, 1.807) is 4.90 Å². The van der Waals surface area contributed by atoms with Crippen LogP contribution in [0.1, 0.15) is 38.5 Å². The Balaban J connectivity index is 1.10. The second-order valence-corrected chi connectivity index (χ2v) is 10.7. The summed E-state index contributed by atoms with van der Waals surface area (Å²) in [5.41, 5.74) is 3.00. The number of carbonyl (C=O) groups is 2. The van der Waals surface area contributed by atoms with Crippen LogP contribution >= 0.6 is 0 Å². The van der Waals surface area contributed by atoms with Gasteiger partial charge in [-0.1, -0.05) is 11.3 Å². The molecule has 188 valence electrons. The Bertz CT molecular complexity index is 851. The van der Waals surface area contributed by atoms with Gasteiger partial charge in [0.1, 0.15) is 6.17 Å². The topological polar surface area (TPSA) is 77.4 Å². The van der Waals surface area contributed by atoms with Gasteiger partial charge < -0.3 is 9.80 Å². The highest BCUT2D eigenvalue weighted by Gasteiger charge is 2.46. The molecule has 8 unspecified atom stereocenters. The Kier molecular flexibility index (Phi) is 6.31. The minimum atomic E-state index is -4.41. The highest BCUT2D eigenvalue weighted by Crippen LogP contribution is 2.41. The maximum atomic E-state index is 13.8. The lowest BCUT2D eigenvalue weighted by Crippen LogP contribution is -2.44. The van der Waals surface area contributed by atoms with E-state index >= 15 is 0 Å². The lowest BCUT2D eigenvalue weighted by atomic mass is 9.80. The number of fused-ring (bicyclic) bond motifs is 2. The largest absolute Gasteiger partial charge is 0.391 e. The highest BCUT2D eigenvalue weighted by atomic mass is 19.4. The number of halogens is 4. The van der Waals surface area contributed by atoms with Crippen LogP contribution in [0.25, 0.3) is 0 Å². The van der Waals surface area contributed by atoms with E-state index in [0.29, 0.717) is 26.2 Å². The molecule has 0 aromatic carbocycles. The predicted molar refractivity (Wildman–Crippen MR) is 114 cm³/mol. The summed E-state index contributed by atoms with van der Waals surface area (Å²) in [6, 6.07) is 0.325. The third kappa shape index (κ3) is 4.79. The molecule has 34 heavy (non-hydrogen) atoms. The number of carbonyl (C=O) groups excluding carboxylic acids is 2. The first-order valence-corrected chi connectivity index (χ1v) is 12.3. The maximum absolute atomic E-state index is 13.8. The minimum absolute atomic E-state index is 0.0212. The molecule has 0 aromatic heterocycles. The van der Waals surface area contributed by atoms with Crippen LogP contribution in [0.15, 0.2) is 22.5 Å². The first-order valence-electron chi connectivity index (χ1n) is 12.3. The van der Waals surface area contributed by atoms with Gasteiger partial charge in [-0.15, -0.1) is 0 Å². The van der Waals surface area contributed by atoms with E-state index in [1.165, 1.54) is 12.2 Å². The fraction of sp³-hybridized carbons (Fsp3) is 0.826. The number of allylic oxidation sites excluding steroid dienone is 1. The van der Waals surface area contributed by atoms with Crippen molar-refractivity contribution >= 4 is 11.8 Å². The standard InChI is InChI=1S/C23H31F4N5O2/c24-18-6-13(5-17(8-18)23(25,26)27)1-4-21(33)31-9-15-11-32(12-16(15)10-31)22(34)14-2-3-19-20(7-14)29-30-28-19/h1,4,13-20H,2-3,5-12H2,(H,28,29). The van der Waals surface area contributed by atoms with Gasteiger partial charge in [-0.3, -0.25) is 15.0 Å². The smallest absolute Gasteiger partial charge is 0.342 e. The molecule has 3 heterocycles. The van der Waals surface area contributed by atoms with E-state index in [2.05, 4.69) is 15.8 Å². The van der Waals surface area contributed by atoms with E-state index in [9.17, 15) is 27.2 Å². The molecule has 5 aliphatic rings. The third-order valence-electron chi connectivity index (χ3n) is 8.36. The van der Waals surface area contributed by atoms with Gasteiger partial charge in [0.2, 0.25) is 11.8 Å². The first kappa shape index (κ1) is 23.5. The minimum Gasteiger partial charge on any atom is -0.342 e. The van der Waals surface area contributed by atoms with Crippen LogP contribution in [-0.4, -0.2) is 72.2 Å². The molecule has 2 saturated heterocycles. The summed E-state index contributed by atoms with van der Waals surface area (Å²) in [7, 11) is 0. The molecule has 11 heteroatoms. The van der Waals surface area contributed by atoms with Gasteiger partial charge in [-0.2, -0.15) is 18.3 Å². The van der Waals surface area contributed by atoms with Crippen LogP contribution in [0.2, 0.25) is 0 Å². The monoisotopic (exact) mass is 485 g/mol. The van der Waals surface area contributed by atoms with E-state index in [-0.39, 0.29) is 54.5 Å². The molecular formula is C23H31F4N5O2. The summed E-state index contributed by atoms with van der Waals surface area (Å²) >= 11 is 0. The normalized spacial score (nSPS) is 39.9. The van der Waals surface area contributed by atoms with Crippen LogP contribution in [0.4, 0.5) is 17.6 Å². The zero-order valence-corrected chi connectivity index (χ0v) is 19.0. The van der Waals surface area contributed by atoms with Gasteiger partial charge in [0.05, 0.1) is 18.0 Å². The van der Waals surface area contributed by atoms with E-state index in [4.69, 9.17) is 0 Å². The van der Waals surface area contributed by atoms with Crippen molar-refractivity contribution in [2.24, 2.45) is 39.9 Å². The summed E-state index contributed by atoms with van der Waals surface area (Å²) in [6.07, 6.45) is -1.33. The number of likely N-dealkylation sites (tertiary alicyclic amines) is 2. The number of nitrogens with zero attached hydrogens (tertiary/aromatic N) is 4. The van der Waals surface area contributed by atoms with Crippen molar-refractivity contribution in [1.82, 2.24) is 15.2 Å². The second-order valence-electron chi connectivity index (χ2n) is 10.7. The zero-order chi connectivity index (χ0) is 24.0. The molecule has 3 aliphatic heterocycles. The van der Waals surface area contributed by atoms with Gasteiger partial charge in [0.25, 0.3) is 0 Å². The second kappa shape index (κ2) is 9.11. The first-order chi connectivity index (χ1) is 16.2. The summed E-state index contributed by atoms with van der Waals surface area (Å²) in [6.45, 7) is 2.33. The van der Waals surface area contributed by atoms with Crippen molar-refractivity contribution in [2.45, 2.75) is 63.0 Å². The van der Waals surface area contributed by atoms with Gasteiger partial charge in [0.15, 0.2) is 0 Å². The summed E-state index contributed by atoms with van der Waals surface area (Å²) in [5, 5.41) is 8.05. The number of alkyl halides is 4. The molecular weight excluding hydrogens is 454 g/mol.